The number of H-pyrrole nitrogens is 1. The zero-order valence-electron chi connectivity index (χ0n) is 26.3. The third-order valence-corrected chi connectivity index (χ3v) is 8.86. The highest BCUT2D eigenvalue weighted by atomic mass is 16.2. The first-order chi connectivity index (χ1) is 22.5. The number of fused-ring (bicyclic) bond motifs is 2. The third kappa shape index (κ3) is 7.70. The van der Waals surface area contributed by atoms with Crippen molar-refractivity contribution < 1.29 is 9.59 Å². The Hall–Kier alpha value is -4.79. The Bertz CT molecular complexity index is 1750. The van der Waals surface area contributed by atoms with Gasteiger partial charge in [0.05, 0.1) is 12.6 Å². The zero-order chi connectivity index (χ0) is 31.7. The highest BCUT2D eigenvalue weighted by Gasteiger charge is 2.25. The van der Waals surface area contributed by atoms with E-state index in [-0.39, 0.29) is 17.9 Å². The van der Waals surface area contributed by atoms with Crippen LogP contribution < -0.4 is 21.3 Å². The predicted octanol–water partition coefficient (Wildman–Crippen LogP) is 5.89. The van der Waals surface area contributed by atoms with Crippen molar-refractivity contribution in [3.8, 4) is 0 Å². The summed E-state index contributed by atoms with van der Waals surface area (Å²) in [7, 11) is 0. The van der Waals surface area contributed by atoms with E-state index in [9.17, 15) is 9.59 Å². The van der Waals surface area contributed by atoms with Crippen molar-refractivity contribution in [1.29, 1.82) is 0 Å². The van der Waals surface area contributed by atoms with Crippen LogP contribution in [0.1, 0.15) is 76.7 Å². The van der Waals surface area contributed by atoms with Crippen molar-refractivity contribution in [3.05, 3.63) is 137 Å². The van der Waals surface area contributed by atoms with E-state index < -0.39 is 6.04 Å². The van der Waals surface area contributed by atoms with Crippen LogP contribution in [-0.2, 0) is 24.3 Å². The maximum atomic E-state index is 13.8. The number of carbonyl (C=O) groups excluding carboxylic acids is 2. The summed E-state index contributed by atoms with van der Waals surface area (Å²) in [4.78, 5) is 34.5. The summed E-state index contributed by atoms with van der Waals surface area (Å²) in [6.07, 6.45) is 6.97. The van der Waals surface area contributed by atoms with E-state index in [0.717, 1.165) is 53.5 Å². The Balaban J connectivity index is 1.09. The van der Waals surface area contributed by atoms with Crippen molar-refractivity contribution >= 4 is 22.6 Å². The molecule has 6 rings (SSSR count). The van der Waals surface area contributed by atoms with Gasteiger partial charge in [-0.1, -0.05) is 78.9 Å². The number of aromatic nitrogens is 2. The van der Waals surface area contributed by atoms with Crippen LogP contribution in [0.5, 0.6) is 0 Å². The van der Waals surface area contributed by atoms with Crippen LogP contribution in [0, 0.1) is 0 Å². The average Bonchev–Trinajstić information content (AvgIpc) is 3.76. The van der Waals surface area contributed by atoms with Crippen LogP contribution in [0.3, 0.4) is 0 Å². The number of aromatic amines is 1. The molecule has 0 saturated heterocycles. The highest BCUT2D eigenvalue weighted by Crippen LogP contribution is 2.30. The van der Waals surface area contributed by atoms with Gasteiger partial charge in [0, 0.05) is 30.5 Å². The molecule has 0 spiro atoms. The Morgan fingerprint density at radius 3 is 2.57 bits per heavy atom. The van der Waals surface area contributed by atoms with Crippen molar-refractivity contribution in [1.82, 2.24) is 31.2 Å². The molecule has 4 aromatic carbocycles. The molecule has 1 aliphatic carbocycles. The van der Waals surface area contributed by atoms with Gasteiger partial charge in [0.1, 0.15) is 11.9 Å². The first kappa shape index (κ1) is 31.2. The molecule has 5 N–H and O–H groups in total. The van der Waals surface area contributed by atoms with Crippen LogP contribution in [-0.4, -0.2) is 34.4 Å². The maximum Gasteiger partial charge on any atom is 0.251 e. The number of hydrogen-bond acceptors (Lipinski definition) is 5. The normalized spacial score (nSPS) is 15.3. The lowest BCUT2D eigenvalue weighted by molar-refractivity contribution is -0.123. The van der Waals surface area contributed by atoms with Crippen LogP contribution in [0.2, 0.25) is 0 Å². The smallest absolute Gasteiger partial charge is 0.251 e. The summed E-state index contributed by atoms with van der Waals surface area (Å²) in [5.74, 6) is 0.433. The Labute approximate surface area is 270 Å². The van der Waals surface area contributed by atoms with Gasteiger partial charge in [-0.3, -0.25) is 9.59 Å². The largest absolute Gasteiger partial charge is 0.348 e. The van der Waals surface area contributed by atoms with E-state index in [1.54, 1.807) is 12.4 Å². The van der Waals surface area contributed by atoms with Gasteiger partial charge in [-0.2, -0.15) is 0 Å². The number of hydrogen-bond donors (Lipinski definition) is 5. The number of nitrogens with one attached hydrogen (secondary N) is 5. The Morgan fingerprint density at radius 1 is 0.913 bits per heavy atom. The molecule has 0 radical (unpaired) electrons. The van der Waals surface area contributed by atoms with Gasteiger partial charge in [-0.25, -0.2) is 4.98 Å². The third-order valence-electron chi connectivity index (χ3n) is 8.86. The lowest BCUT2D eigenvalue weighted by atomic mass is 9.99. The fraction of sp³-hybridized carbons (Fsp3) is 0.289. The lowest BCUT2D eigenvalue weighted by Crippen LogP contribution is -2.47. The number of nitrogens with zero attached hydrogens (tertiary/aromatic N) is 1. The number of imidazole rings is 1. The molecule has 2 amide bonds. The second kappa shape index (κ2) is 15.0. The van der Waals surface area contributed by atoms with E-state index in [0.29, 0.717) is 31.1 Å². The first-order valence-electron chi connectivity index (χ1n) is 16.2. The van der Waals surface area contributed by atoms with Gasteiger partial charge in [0.2, 0.25) is 5.91 Å². The monoisotopic (exact) mass is 614 g/mol. The summed E-state index contributed by atoms with van der Waals surface area (Å²) < 4.78 is 0. The van der Waals surface area contributed by atoms with Gasteiger partial charge >= 0.3 is 0 Å². The molecule has 236 valence electrons. The number of benzene rings is 4. The molecule has 1 unspecified atom stereocenters. The minimum absolute atomic E-state index is 0.182. The summed E-state index contributed by atoms with van der Waals surface area (Å²) in [6.45, 7) is 4.04. The highest BCUT2D eigenvalue weighted by molar-refractivity contribution is 5.97. The van der Waals surface area contributed by atoms with Gasteiger partial charge in [-0.05, 0) is 84.3 Å². The zero-order valence-corrected chi connectivity index (χ0v) is 26.3. The quantitative estimate of drug-likeness (QED) is 0.100. The van der Waals surface area contributed by atoms with Crippen LogP contribution in [0.4, 0.5) is 0 Å². The van der Waals surface area contributed by atoms with Crippen molar-refractivity contribution in [2.75, 3.05) is 6.54 Å². The van der Waals surface area contributed by atoms with Gasteiger partial charge < -0.3 is 26.3 Å². The predicted molar refractivity (Wildman–Crippen MR) is 182 cm³/mol. The summed E-state index contributed by atoms with van der Waals surface area (Å²) in [5.41, 5.74) is 5.41. The van der Waals surface area contributed by atoms with Gasteiger partial charge in [-0.15, -0.1) is 0 Å². The molecule has 1 aromatic heterocycles. The summed E-state index contributed by atoms with van der Waals surface area (Å²) >= 11 is 0. The van der Waals surface area contributed by atoms with Crippen molar-refractivity contribution in [2.45, 2.75) is 63.8 Å². The second-order valence-electron chi connectivity index (χ2n) is 12.0. The van der Waals surface area contributed by atoms with Crippen LogP contribution >= 0.6 is 0 Å². The molecule has 1 heterocycles. The molecule has 5 aromatic rings. The van der Waals surface area contributed by atoms with E-state index in [2.05, 4.69) is 79.8 Å². The molecule has 0 bridgehead atoms. The minimum Gasteiger partial charge on any atom is -0.348 e. The number of amides is 2. The molecular weight excluding hydrogens is 572 g/mol. The number of rotatable bonds is 14. The molecule has 46 heavy (non-hydrogen) atoms. The van der Waals surface area contributed by atoms with E-state index in [1.807, 2.05) is 49.4 Å². The van der Waals surface area contributed by atoms with Crippen molar-refractivity contribution in [2.24, 2.45) is 0 Å². The number of aryl methyl sites for hydroxylation is 1. The molecule has 0 saturated carbocycles. The Morgan fingerprint density at radius 2 is 1.72 bits per heavy atom. The second-order valence-corrected chi connectivity index (χ2v) is 12.0. The number of carbonyl (C=O) groups is 2. The standard InChI is InChI=1S/C38H42N6O2/c1-26(31-13-6-10-28-8-2-4-11-32(28)31)43-38(46)35(14-7-21-40-34-20-19-29-9-3-5-12-33(29)34)44-37(45)30-17-15-27(16-18-30)24-39-25-36-41-22-23-42-36/h2-6,8-13,15-18,22-23,26,34-35,39-40H,7,14,19-21,24-25H2,1H3,(H,41,42)(H,43,46)(H,44,45)/t26-,34?,35-/m0/s1. The molecule has 1 aliphatic rings. The van der Waals surface area contributed by atoms with Crippen LogP contribution in [0.15, 0.2) is 103 Å². The van der Waals surface area contributed by atoms with Crippen molar-refractivity contribution in [3.63, 3.8) is 0 Å². The molecule has 0 fully saturated rings. The summed E-state index contributed by atoms with van der Waals surface area (Å²) in [5, 5.41) is 15.5. The average molecular weight is 615 g/mol. The van der Waals surface area contributed by atoms with Gasteiger partial charge in [0.15, 0.2) is 0 Å². The molecule has 8 nitrogen and oxygen atoms in total. The lowest BCUT2D eigenvalue weighted by Gasteiger charge is -2.23. The SMILES string of the molecule is C[C@H](NC(=O)[C@H](CCCNC1CCc2ccccc21)NC(=O)c1ccc(CNCc2ncc[nH]2)cc1)c1cccc2ccccc12. The molecule has 8 heteroatoms. The first-order valence-corrected chi connectivity index (χ1v) is 16.2. The van der Waals surface area contributed by atoms with Crippen LogP contribution in [0.25, 0.3) is 10.8 Å². The summed E-state index contributed by atoms with van der Waals surface area (Å²) in [6, 6.07) is 29.9. The van der Waals surface area contributed by atoms with E-state index in [1.165, 1.54) is 11.1 Å². The van der Waals surface area contributed by atoms with E-state index in [4.69, 9.17) is 0 Å². The fourth-order valence-corrected chi connectivity index (χ4v) is 6.38. The maximum absolute atomic E-state index is 13.8. The minimum atomic E-state index is -0.669. The topological polar surface area (TPSA) is 111 Å². The van der Waals surface area contributed by atoms with E-state index >= 15 is 0 Å². The molecule has 0 aliphatic heterocycles. The Kier molecular flexibility index (Phi) is 10.2. The van der Waals surface area contributed by atoms with Gasteiger partial charge in [0.25, 0.3) is 5.91 Å². The fourth-order valence-electron chi connectivity index (χ4n) is 6.38. The molecular formula is C38H42N6O2. The molecule has 3 atom stereocenters.